The minimum Gasteiger partial charge on any atom is -0.356 e. The lowest BCUT2D eigenvalue weighted by Crippen LogP contribution is -2.49. The standard InChI is InChI=1S/C21H27F2N5O/c1-13(2)12-26-21(28-20(29)15-4-3-5-17(23)10-15)27-19(25)11-18(24)14-6-8-16(22)9-7-14/h3-10,13,18-19H,11-12,24-25H2,1-2H3,(H2,26,27,28,29). The molecule has 0 saturated heterocycles. The predicted octanol–water partition coefficient (Wildman–Crippen LogP) is 2.67. The fraction of sp³-hybridized carbons (Fsp3) is 0.333. The van der Waals surface area contributed by atoms with Gasteiger partial charge in [-0.25, -0.2) is 8.78 Å². The first kappa shape index (κ1) is 22.4. The van der Waals surface area contributed by atoms with E-state index in [2.05, 4.69) is 15.6 Å². The van der Waals surface area contributed by atoms with Gasteiger partial charge in [-0.05, 0) is 48.2 Å². The first-order valence-corrected chi connectivity index (χ1v) is 9.40. The van der Waals surface area contributed by atoms with Gasteiger partial charge in [0.25, 0.3) is 5.91 Å². The van der Waals surface area contributed by atoms with Gasteiger partial charge in [0, 0.05) is 18.2 Å². The molecule has 0 heterocycles. The third-order valence-electron chi connectivity index (χ3n) is 4.09. The second-order valence-electron chi connectivity index (χ2n) is 7.20. The number of nitrogens with zero attached hydrogens (tertiary/aromatic N) is 1. The monoisotopic (exact) mass is 403 g/mol. The second kappa shape index (κ2) is 10.6. The van der Waals surface area contributed by atoms with Gasteiger partial charge in [0.1, 0.15) is 11.6 Å². The molecular weight excluding hydrogens is 376 g/mol. The zero-order valence-corrected chi connectivity index (χ0v) is 16.5. The van der Waals surface area contributed by atoms with E-state index < -0.39 is 23.9 Å². The largest absolute Gasteiger partial charge is 0.356 e. The number of halogens is 2. The maximum Gasteiger partial charge on any atom is 0.280 e. The number of hydrogen-bond donors (Lipinski definition) is 4. The van der Waals surface area contributed by atoms with Crippen molar-refractivity contribution >= 4 is 11.9 Å². The number of benzene rings is 2. The summed E-state index contributed by atoms with van der Waals surface area (Å²) in [5.74, 6) is -0.974. The molecular formula is C21H27F2N5O. The Morgan fingerprint density at radius 3 is 2.38 bits per heavy atom. The van der Waals surface area contributed by atoms with Crippen molar-refractivity contribution in [2.45, 2.75) is 32.5 Å². The summed E-state index contributed by atoms with van der Waals surface area (Å²) >= 11 is 0. The molecule has 2 aromatic rings. The molecule has 156 valence electrons. The average molecular weight is 403 g/mol. The van der Waals surface area contributed by atoms with Crippen LogP contribution in [0.3, 0.4) is 0 Å². The van der Waals surface area contributed by atoms with Gasteiger partial charge in [0.15, 0.2) is 0 Å². The van der Waals surface area contributed by atoms with Crippen molar-refractivity contribution in [1.82, 2.24) is 10.6 Å². The lowest BCUT2D eigenvalue weighted by Gasteiger charge is -2.22. The summed E-state index contributed by atoms with van der Waals surface area (Å²) in [6, 6.07) is 10.8. The molecule has 1 amide bonds. The molecule has 29 heavy (non-hydrogen) atoms. The minimum atomic E-state index is -0.617. The highest BCUT2D eigenvalue weighted by Gasteiger charge is 2.15. The summed E-state index contributed by atoms with van der Waals surface area (Å²) in [5.41, 5.74) is 13.1. The third-order valence-corrected chi connectivity index (χ3v) is 4.09. The van der Waals surface area contributed by atoms with Crippen LogP contribution in [0.15, 0.2) is 53.5 Å². The Morgan fingerprint density at radius 2 is 1.76 bits per heavy atom. The van der Waals surface area contributed by atoms with Crippen LogP contribution in [0.25, 0.3) is 0 Å². The molecule has 2 unspecified atom stereocenters. The molecule has 0 radical (unpaired) electrons. The Morgan fingerprint density at radius 1 is 1.07 bits per heavy atom. The lowest BCUT2D eigenvalue weighted by atomic mass is 10.0. The van der Waals surface area contributed by atoms with Crippen LogP contribution in [-0.2, 0) is 0 Å². The number of nitrogens with one attached hydrogen (secondary N) is 2. The molecule has 0 fully saturated rings. The van der Waals surface area contributed by atoms with E-state index in [1.165, 1.54) is 30.3 Å². The van der Waals surface area contributed by atoms with Crippen LogP contribution in [0.2, 0.25) is 0 Å². The number of guanidine groups is 1. The van der Waals surface area contributed by atoms with Crippen LogP contribution >= 0.6 is 0 Å². The predicted molar refractivity (Wildman–Crippen MR) is 110 cm³/mol. The third kappa shape index (κ3) is 7.59. The number of amides is 1. The van der Waals surface area contributed by atoms with E-state index in [1.807, 2.05) is 13.8 Å². The SMILES string of the molecule is CC(C)CN/C(=N/C(=O)c1cccc(F)c1)NC(N)CC(N)c1ccc(F)cc1. The molecule has 0 bridgehead atoms. The van der Waals surface area contributed by atoms with Gasteiger partial charge in [-0.15, -0.1) is 0 Å². The fourth-order valence-corrected chi connectivity index (χ4v) is 2.57. The molecule has 0 spiro atoms. The van der Waals surface area contributed by atoms with Crippen LogP contribution in [0.4, 0.5) is 8.78 Å². The van der Waals surface area contributed by atoms with Gasteiger partial charge in [-0.2, -0.15) is 4.99 Å². The number of aliphatic imine (C=N–C) groups is 1. The van der Waals surface area contributed by atoms with Gasteiger partial charge < -0.3 is 22.1 Å². The van der Waals surface area contributed by atoms with Gasteiger partial charge in [0.2, 0.25) is 5.96 Å². The van der Waals surface area contributed by atoms with Crippen LogP contribution in [0, 0.1) is 17.6 Å². The van der Waals surface area contributed by atoms with Crippen molar-refractivity contribution in [2.75, 3.05) is 6.54 Å². The average Bonchev–Trinajstić information content (AvgIpc) is 2.66. The van der Waals surface area contributed by atoms with Gasteiger partial charge >= 0.3 is 0 Å². The molecule has 6 nitrogen and oxygen atoms in total. The quantitative estimate of drug-likeness (QED) is 0.323. The molecule has 0 aliphatic carbocycles. The summed E-state index contributed by atoms with van der Waals surface area (Å²) in [4.78, 5) is 16.4. The molecule has 2 atom stereocenters. The number of hydrogen-bond acceptors (Lipinski definition) is 3. The summed E-state index contributed by atoms with van der Waals surface area (Å²) < 4.78 is 26.4. The van der Waals surface area contributed by atoms with Gasteiger partial charge in [-0.3, -0.25) is 4.79 Å². The molecule has 0 aliphatic heterocycles. The summed E-state index contributed by atoms with van der Waals surface area (Å²) in [6.07, 6.45) is -0.295. The van der Waals surface area contributed by atoms with Crippen molar-refractivity contribution in [1.29, 1.82) is 0 Å². The molecule has 0 aromatic heterocycles. The maximum atomic E-state index is 13.4. The van der Waals surface area contributed by atoms with E-state index >= 15 is 0 Å². The number of nitrogens with two attached hydrogens (primary N) is 2. The first-order valence-electron chi connectivity index (χ1n) is 9.40. The van der Waals surface area contributed by atoms with E-state index in [1.54, 1.807) is 12.1 Å². The Bertz CT molecular complexity index is 839. The molecule has 6 N–H and O–H groups in total. The van der Waals surface area contributed by atoms with Crippen molar-refractivity contribution < 1.29 is 13.6 Å². The van der Waals surface area contributed by atoms with Gasteiger partial charge in [0.05, 0.1) is 6.17 Å². The van der Waals surface area contributed by atoms with Crippen LogP contribution in [0.5, 0.6) is 0 Å². The Labute approximate surface area is 169 Å². The van der Waals surface area contributed by atoms with E-state index in [0.717, 1.165) is 11.6 Å². The molecule has 0 aliphatic rings. The van der Waals surface area contributed by atoms with Crippen LogP contribution < -0.4 is 22.1 Å². The molecule has 8 heteroatoms. The fourth-order valence-electron chi connectivity index (χ4n) is 2.57. The van der Waals surface area contributed by atoms with E-state index in [-0.39, 0.29) is 17.3 Å². The highest BCUT2D eigenvalue weighted by Crippen LogP contribution is 2.15. The number of carbonyl (C=O) groups is 1. The van der Waals surface area contributed by atoms with Crippen molar-refractivity contribution in [3.8, 4) is 0 Å². The molecule has 2 rings (SSSR count). The highest BCUT2D eigenvalue weighted by atomic mass is 19.1. The number of carbonyl (C=O) groups excluding carboxylic acids is 1. The Kier molecular flexibility index (Phi) is 8.23. The zero-order chi connectivity index (χ0) is 21.4. The van der Waals surface area contributed by atoms with Gasteiger partial charge in [-0.1, -0.05) is 32.0 Å². The normalized spacial score (nSPS) is 13.8. The van der Waals surface area contributed by atoms with Crippen LogP contribution in [0.1, 0.15) is 42.2 Å². The minimum absolute atomic E-state index is 0.132. The van der Waals surface area contributed by atoms with Crippen molar-refractivity contribution in [3.05, 3.63) is 71.3 Å². The first-order chi connectivity index (χ1) is 13.7. The van der Waals surface area contributed by atoms with Crippen molar-refractivity contribution in [3.63, 3.8) is 0 Å². The van der Waals surface area contributed by atoms with Crippen molar-refractivity contribution in [2.24, 2.45) is 22.4 Å². The lowest BCUT2D eigenvalue weighted by molar-refractivity contribution is 0.100. The van der Waals surface area contributed by atoms with E-state index in [0.29, 0.717) is 18.9 Å². The number of rotatable bonds is 7. The van der Waals surface area contributed by atoms with E-state index in [4.69, 9.17) is 11.5 Å². The zero-order valence-electron chi connectivity index (χ0n) is 16.5. The van der Waals surface area contributed by atoms with Crippen LogP contribution in [-0.4, -0.2) is 24.6 Å². The Hall–Kier alpha value is -2.84. The topological polar surface area (TPSA) is 106 Å². The van der Waals surface area contributed by atoms with E-state index in [9.17, 15) is 13.6 Å². The maximum absolute atomic E-state index is 13.4. The second-order valence-corrected chi connectivity index (χ2v) is 7.20. The smallest absolute Gasteiger partial charge is 0.280 e. The summed E-state index contributed by atoms with van der Waals surface area (Å²) in [7, 11) is 0. The molecule has 2 aromatic carbocycles. The molecule has 0 saturated carbocycles. The Balaban J connectivity index is 2.08. The summed E-state index contributed by atoms with van der Waals surface area (Å²) in [6.45, 7) is 4.56. The summed E-state index contributed by atoms with van der Waals surface area (Å²) in [5, 5.41) is 5.99. The highest BCUT2D eigenvalue weighted by molar-refractivity contribution is 6.02.